The van der Waals surface area contributed by atoms with E-state index in [9.17, 15) is 4.39 Å². The van der Waals surface area contributed by atoms with Crippen LogP contribution in [0.25, 0.3) is 10.6 Å². The van der Waals surface area contributed by atoms with Crippen LogP contribution < -0.4 is 5.73 Å². The summed E-state index contributed by atoms with van der Waals surface area (Å²) < 4.78 is 13.0. The quantitative estimate of drug-likeness (QED) is 0.915. The molecule has 1 aromatic heterocycles. The minimum absolute atomic E-state index is 0.212. The number of benzene rings is 1. The monoisotopic (exact) mass is 320 g/mol. The molecule has 1 fully saturated rings. The Morgan fingerprint density at radius 1 is 1.09 bits per heavy atom. The van der Waals surface area contributed by atoms with Crippen LogP contribution in [0.4, 0.5) is 4.39 Å². The van der Waals surface area contributed by atoms with Gasteiger partial charge >= 0.3 is 0 Å². The van der Waals surface area contributed by atoms with Crippen LogP contribution in [0.5, 0.6) is 0 Å². The molecule has 6 heteroatoms. The van der Waals surface area contributed by atoms with Crippen molar-refractivity contribution < 1.29 is 4.39 Å². The first-order valence-electron chi connectivity index (χ1n) is 7.60. The van der Waals surface area contributed by atoms with Crippen molar-refractivity contribution in [3.8, 4) is 10.6 Å². The number of hydrogen-bond acceptors (Lipinski definition) is 5. The van der Waals surface area contributed by atoms with E-state index in [0.717, 1.165) is 62.1 Å². The zero-order chi connectivity index (χ0) is 15.4. The fourth-order valence-corrected chi connectivity index (χ4v) is 3.50. The maximum absolute atomic E-state index is 13.0. The number of piperazine rings is 1. The van der Waals surface area contributed by atoms with E-state index in [-0.39, 0.29) is 5.82 Å². The molecule has 1 aromatic carbocycles. The molecular formula is C16H21FN4S. The van der Waals surface area contributed by atoms with Crippen LogP contribution in [-0.4, -0.2) is 54.1 Å². The van der Waals surface area contributed by atoms with Gasteiger partial charge < -0.3 is 5.73 Å². The lowest BCUT2D eigenvalue weighted by atomic mass is 10.2. The maximum Gasteiger partial charge on any atom is 0.123 e. The van der Waals surface area contributed by atoms with Gasteiger partial charge in [-0.1, -0.05) is 0 Å². The van der Waals surface area contributed by atoms with E-state index >= 15 is 0 Å². The number of rotatable bonds is 5. The molecule has 0 spiro atoms. The Bertz CT molecular complexity index is 590. The van der Waals surface area contributed by atoms with Crippen LogP contribution in [0.3, 0.4) is 0 Å². The molecule has 1 aliphatic heterocycles. The van der Waals surface area contributed by atoms with E-state index in [1.807, 2.05) is 0 Å². The number of nitrogens with zero attached hydrogens (tertiary/aromatic N) is 3. The first-order valence-corrected chi connectivity index (χ1v) is 8.47. The molecule has 22 heavy (non-hydrogen) atoms. The van der Waals surface area contributed by atoms with Crippen molar-refractivity contribution in [2.45, 2.75) is 6.54 Å². The summed E-state index contributed by atoms with van der Waals surface area (Å²) in [6, 6.07) is 6.52. The van der Waals surface area contributed by atoms with Gasteiger partial charge in [0.2, 0.25) is 0 Å². The van der Waals surface area contributed by atoms with E-state index in [4.69, 9.17) is 5.73 Å². The highest BCUT2D eigenvalue weighted by molar-refractivity contribution is 7.13. The zero-order valence-corrected chi connectivity index (χ0v) is 13.4. The van der Waals surface area contributed by atoms with Gasteiger partial charge in [-0.25, -0.2) is 9.37 Å². The Kier molecular flexibility index (Phi) is 5.15. The predicted molar refractivity (Wildman–Crippen MR) is 88.3 cm³/mol. The zero-order valence-electron chi connectivity index (χ0n) is 12.5. The van der Waals surface area contributed by atoms with Gasteiger partial charge in [-0.05, 0) is 24.3 Å². The Morgan fingerprint density at radius 2 is 1.77 bits per heavy atom. The van der Waals surface area contributed by atoms with Crippen molar-refractivity contribution >= 4 is 11.3 Å². The molecular weight excluding hydrogens is 299 g/mol. The third-order valence-electron chi connectivity index (χ3n) is 3.94. The van der Waals surface area contributed by atoms with Gasteiger partial charge in [-0.3, -0.25) is 9.80 Å². The van der Waals surface area contributed by atoms with Crippen molar-refractivity contribution in [3.05, 3.63) is 41.2 Å². The third kappa shape index (κ3) is 3.89. The van der Waals surface area contributed by atoms with Crippen LogP contribution >= 0.6 is 11.3 Å². The molecule has 0 unspecified atom stereocenters. The second-order valence-corrected chi connectivity index (χ2v) is 6.42. The van der Waals surface area contributed by atoms with Gasteiger partial charge in [-0.15, -0.1) is 11.3 Å². The number of aromatic nitrogens is 1. The van der Waals surface area contributed by atoms with Gasteiger partial charge in [0.05, 0.1) is 5.69 Å². The summed E-state index contributed by atoms with van der Waals surface area (Å²) in [6.45, 7) is 6.87. The molecule has 0 aliphatic carbocycles. The van der Waals surface area contributed by atoms with Gasteiger partial charge in [0.1, 0.15) is 10.8 Å². The van der Waals surface area contributed by atoms with E-state index in [2.05, 4.69) is 20.2 Å². The van der Waals surface area contributed by atoms with Crippen LogP contribution in [0.1, 0.15) is 5.69 Å². The lowest BCUT2D eigenvalue weighted by Crippen LogP contribution is -2.47. The highest BCUT2D eigenvalue weighted by Crippen LogP contribution is 2.24. The molecule has 4 nitrogen and oxygen atoms in total. The molecule has 0 bridgehead atoms. The summed E-state index contributed by atoms with van der Waals surface area (Å²) in [4.78, 5) is 9.51. The highest BCUT2D eigenvalue weighted by atomic mass is 32.1. The number of nitrogens with two attached hydrogens (primary N) is 1. The summed E-state index contributed by atoms with van der Waals surface area (Å²) in [5, 5.41) is 3.06. The highest BCUT2D eigenvalue weighted by Gasteiger charge is 2.17. The molecule has 2 aromatic rings. The smallest absolute Gasteiger partial charge is 0.123 e. The van der Waals surface area contributed by atoms with Gasteiger partial charge in [0.15, 0.2) is 0 Å². The van der Waals surface area contributed by atoms with Crippen molar-refractivity contribution in [1.82, 2.24) is 14.8 Å². The van der Waals surface area contributed by atoms with Gasteiger partial charge in [-0.2, -0.15) is 0 Å². The average molecular weight is 320 g/mol. The van der Waals surface area contributed by atoms with E-state index in [0.29, 0.717) is 0 Å². The Hall–Kier alpha value is -1.34. The molecule has 2 N–H and O–H groups in total. The Labute approximate surface area is 134 Å². The summed E-state index contributed by atoms with van der Waals surface area (Å²) in [6.07, 6.45) is 0. The standard InChI is InChI=1S/C16H21FN4S/c17-14-3-1-13(2-4-14)16-19-15(12-22-16)11-21-9-7-20(6-5-18)8-10-21/h1-4,12H,5-11,18H2. The Morgan fingerprint density at radius 3 is 2.45 bits per heavy atom. The van der Waals surface area contributed by atoms with Gasteiger partial charge in [0, 0.05) is 56.8 Å². The largest absolute Gasteiger partial charge is 0.329 e. The topological polar surface area (TPSA) is 45.4 Å². The summed E-state index contributed by atoms with van der Waals surface area (Å²) >= 11 is 1.62. The second-order valence-electron chi connectivity index (χ2n) is 5.56. The predicted octanol–water partition coefficient (Wildman–Crippen LogP) is 2.03. The molecule has 1 aliphatic rings. The number of hydrogen-bond donors (Lipinski definition) is 1. The molecule has 0 radical (unpaired) electrons. The lowest BCUT2D eigenvalue weighted by molar-refractivity contribution is 0.129. The fraction of sp³-hybridized carbons (Fsp3) is 0.438. The molecule has 118 valence electrons. The van der Waals surface area contributed by atoms with Crippen LogP contribution in [0.15, 0.2) is 29.6 Å². The maximum atomic E-state index is 13.0. The number of halogens is 1. The minimum atomic E-state index is -0.212. The molecule has 0 atom stereocenters. The summed E-state index contributed by atoms with van der Waals surface area (Å²) in [7, 11) is 0. The molecule has 1 saturated heterocycles. The van der Waals surface area contributed by atoms with Crippen LogP contribution in [0, 0.1) is 5.82 Å². The Balaban J connectivity index is 1.57. The van der Waals surface area contributed by atoms with E-state index in [1.165, 1.54) is 12.1 Å². The fourth-order valence-electron chi connectivity index (χ4n) is 2.69. The lowest BCUT2D eigenvalue weighted by Gasteiger charge is -2.34. The number of thiazole rings is 1. The first-order chi connectivity index (χ1) is 10.7. The molecule has 3 rings (SSSR count). The van der Waals surface area contributed by atoms with E-state index < -0.39 is 0 Å². The van der Waals surface area contributed by atoms with Gasteiger partial charge in [0.25, 0.3) is 0 Å². The summed E-state index contributed by atoms with van der Waals surface area (Å²) in [5.41, 5.74) is 7.67. The second kappa shape index (κ2) is 7.28. The van der Waals surface area contributed by atoms with Crippen molar-refractivity contribution in [3.63, 3.8) is 0 Å². The SMILES string of the molecule is NCCN1CCN(Cc2csc(-c3ccc(F)cc3)n2)CC1. The third-order valence-corrected chi connectivity index (χ3v) is 4.88. The van der Waals surface area contributed by atoms with Crippen LogP contribution in [0.2, 0.25) is 0 Å². The average Bonchev–Trinajstić information content (AvgIpc) is 2.99. The van der Waals surface area contributed by atoms with Crippen molar-refractivity contribution in [1.29, 1.82) is 0 Å². The molecule has 0 saturated carbocycles. The van der Waals surface area contributed by atoms with Crippen LogP contribution in [-0.2, 0) is 6.54 Å². The van der Waals surface area contributed by atoms with Crippen molar-refractivity contribution in [2.75, 3.05) is 39.3 Å². The minimum Gasteiger partial charge on any atom is -0.329 e. The normalized spacial score (nSPS) is 17.0. The molecule has 0 amide bonds. The van der Waals surface area contributed by atoms with E-state index in [1.54, 1.807) is 23.5 Å². The first kappa shape index (κ1) is 15.6. The van der Waals surface area contributed by atoms with Crippen molar-refractivity contribution in [2.24, 2.45) is 5.73 Å². The molecule has 2 heterocycles. The summed E-state index contributed by atoms with van der Waals surface area (Å²) in [5.74, 6) is -0.212.